The number of amides is 1. The number of benzene rings is 1. The largest absolute Gasteiger partial charge is 0.387 e. The monoisotopic (exact) mass is 324 g/mol. The Morgan fingerprint density at radius 1 is 1.23 bits per heavy atom. The fourth-order valence-corrected chi connectivity index (χ4v) is 3.24. The third kappa shape index (κ3) is 3.60. The fraction of sp³-hybridized carbons (Fsp3) is 0.562. The second-order valence-corrected chi connectivity index (χ2v) is 6.53. The van der Waals surface area contributed by atoms with E-state index in [-0.39, 0.29) is 5.91 Å². The molecule has 3 rings (SSSR count). The summed E-state index contributed by atoms with van der Waals surface area (Å²) in [6.45, 7) is 4.67. The Kier molecular flexibility index (Phi) is 4.68. The lowest BCUT2D eigenvalue weighted by atomic mass is 10.0. The first kappa shape index (κ1) is 15.7. The normalized spacial score (nSPS) is 26.4. The van der Waals surface area contributed by atoms with Crippen LogP contribution in [-0.2, 0) is 4.74 Å². The van der Waals surface area contributed by atoms with Crippen molar-refractivity contribution in [2.75, 3.05) is 45.9 Å². The van der Waals surface area contributed by atoms with E-state index in [1.54, 1.807) is 29.2 Å². The number of carbonyl (C=O) groups is 1. The van der Waals surface area contributed by atoms with Crippen LogP contribution in [0.2, 0.25) is 5.02 Å². The molecule has 0 bridgehead atoms. The van der Waals surface area contributed by atoms with Gasteiger partial charge in [0.2, 0.25) is 0 Å². The molecule has 0 aliphatic carbocycles. The van der Waals surface area contributed by atoms with E-state index in [0.717, 1.165) is 13.1 Å². The maximum Gasteiger partial charge on any atom is 0.253 e. The van der Waals surface area contributed by atoms with Gasteiger partial charge in [-0.3, -0.25) is 9.69 Å². The number of morpholine rings is 1. The Morgan fingerprint density at radius 2 is 1.91 bits per heavy atom. The van der Waals surface area contributed by atoms with Gasteiger partial charge in [0.25, 0.3) is 5.91 Å². The van der Waals surface area contributed by atoms with Gasteiger partial charge in [0, 0.05) is 36.8 Å². The van der Waals surface area contributed by atoms with Crippen LogP contribution < -0.4 is 0 Å². The van der Waals surface area contributed by atoms with Crippen molar-refractivity contribution in [3.8, 4) is 0 Å². The van der Waals surface area contributed by atoms with Gasteiger partial charge < -0.3 is 14.7 Å². The molecule has 1 aromatic rings. The lowest BCUT2D eigenvalue weighted by Crippen LogP contribution is -2.49. The standard InChI is InChI=1S/C16H21ClN2O3/c17-14-3-1-13(2-4-14)15(20)19-6-5-16(21,12-19)11-18-7-9-22-10-8-18/h1-4,21H,5-12H2/t16-/m1/s1. The topological polar surface area (TPSA) is 53.0 Å². The Labute approximate surface area is 135 Å². The van der Waals surface area contributed by atoms with E-state index < -0.39 is 5.60 Å². The van der Waals surface area contributed by atoms with E-state index in [2.05, 4.69) is 4.90 Å². The summed E-state index contributed by atoms with van der Waals surface area (Å²) < 4.78 is 5.33. The Morgan fingerprint density at radius 3 is 2.59 bits per heavy atom. The van der Waals surface area contributed by atoms with Gasteiger partial charge in [-0.25, -0.2) is 0 Å². The second kappa shape index (κ2) is 6.54. The summed E-state index contributed by atoms with van der Waals surface area (Å²) in [6, 6.07) is 6.88. The number of β-amino-alcohol motifs (C(OH)–C–C–N with tert-alkyl or cyclic N) is 1. The average molecular weight is 325 g/mol. The van der Waals surface area contributed by atoms with E-state index in [1.165, 1.54) is 0 Å². The molecule has 22 heavy (non-hydrogen) atoms. The molecule has 1 aromatic carbocycles. The zero-order chi connectivity index (χ0) is 15.6. The van der Waals surface area contributed by atoms with Gasteiger partial charge in [-0.1, -0.05) is 11.6 Å². The highest BCUT2D eigenvalue weighted by molar-refractivity contribution is 6.30. The first-order valence-corrected chi connectivity index (χ1v) is 8.01. The SMILES string of the molecule is O=C(c1ccc(Cl)cc1)N1CC[C@@](O)(CN2CCOCC2)C1. The molecular weight excluding hydrogens is 304 g/mol. The number of halogens is 1. The number of ether oxygens (including phenoxy) is 1. The minimum absolute atomic E-state index is 0.0467. The molecule has 0 unspecified atom stereocenters. The lowest BCUT2D eigenvalue weighted by Gasteiger charge is -2.33. The van der Waals surface area contributed by atoms with Crippen LogP contribution in [-0.4, -0.2) is 72.4 Å². The molecule has 2 heterocycles. The summed E-state index contributed by atoms with van der Waals surface area (Å²) in [5.74, 6) is -0.0467. The van der Waals surface area contributed by atoms with Gasteiger partial charge in [-0.15, -0.1) is 0 Å². The Hall–Kier alpha value is -1.14. The number of nitrogens with zero attached hydrogens (tertiary/aromatic N) is 2. The van der Waals surface area contributed by atoms with Gasteiger partial charge >= 0.3 is 0 Å². The predicted molar refractivity (Wildman–Crippen MR) is 84.2 cm³/mol. The molecule has 2 fully saturated rings. The zero-order valence-corrected chi connectivity index (χ0v) is 13.3. The number of hydrogen-bond donors (Lipinski definition) is 1. The van der Waals surface area contributed by atoms with E-state index in [0.29, 0.717) is 49.9 Å². The number of rotatable bonds is 3. The Balaban J connectivity index is 1.60. The fourth-order valence-electron chi connectivity index (χ4n) is 3.11. The van der Waals surface area contributed by atoms with Crippen LogP contribution in [0.3, 0.4) is 0 Å². The first-order valence-electron chi connectivity index (χ1n) is 7.63. The van der Waals surface area contributed by atoms with Gasteiger partial charge in [-0.05, 0) is 30.7 Å². The maximum absolute atomic E-state index is 12.5. The molecule has 1 amide bonds. The van der Waals surface area contributed by atoms with Crippen molar-refractivity contribution in [1.29, 1.82) is 0 Å². The highest BCUT2D eigenvalue weighted by Gasteiger charge is 2.39. The van der Waals surface area contributed by atoms with Crippen molar-refractivity contribution in [3.63, 3.8) is 0 Å². The number of hydrogen-bond acceptors (Lipinski definition) is 4. The summed E-state index contributed by atoms with van der Waals surface area (Å²) in [7, 11) is 0. The maximum atomic E-state index is 12.5. The van der Waals surface area contributed by atoms with Crippen LogP contribution in [0.4, 0.5) is 0 Å². The molecule has 120 valence electrons. The molecule has 2 aliphatic rings. The van der Waals surface area contributed by atoms with Gasteiger partial charge in [0.05, 0.1) is 25.4 Å². The Bertz CT molecular complexity index is 531. The third-order valence-electron chi connectivity index (χ3n) is 4.33. The highest BCUT2D eigenvalue weighted by atomic mass is 35.5. The van der Waals surface area contributed by atoms with E-state index in [4.69, 9.17) is 16.3 Å². The number of carbonyl (C=O) groups excluding carboxylic acids is 1. The molecule has 1 atom stereocenters. The van der Waals surface area contributed by atoms with Crippen molar-refractivity contribution in [1.82, 2.24) is 9.80 Å². The molecule has 2 aliphatic heterocycles. The molecule has 6 heteroatoms. The van der Waals surface area contributed by atoms with Crippen LogP contribution in [0, 0.1) is 0 Å². The van der Waals surface area contributed by atoms with Crippen LogP contribution in [0.5, 0.6) is 0 Å². The molecule has 0 radical (unpaired) electrons. The van der Waals surface area contributed by atoms with Gasteiger partial charge in [0.15, 0.2) is 0 Å². The average Bonchev–Trinajstić information content (AvgIpc) is 2.90. The summed E-state index contributed by atoms with van der Waals surface area (Å²) in [5, 5.41) is 11.4. The zero-order valence-electron chi connectivity index (χ0n) is 12.5. The minimum atomic E-state index is -0.820. The highest BCUT2D eigenvalue weighted by Crippen LogP contribution is 2.25. The van der Waals surface area contributed by atoms with Gasteiger partial charge in [0.1, 0.15) is 0 Å². The van der Waals surface area contributed by atoms with Crippen molar-refractivity contribution < 1.29 is 14.6 Å². The van der Waals surface area contributed by atoms with E-state index in [1.807, 2.05) is 0 Å². The summed E-state index contributed by atoms with van der Waals surface area (Å²) >= 11 is 5.85. The van der Waals surface area contributed by atoms with Crippen molar-refractivity contribution >= 4 is 17.5 Å². The molecule has 0 spiro atoms. The van der Waals surface area contributed by atoms with Crippen molar-refractivity contribution in [3.05, 3.63) is 34.9 Å². The first-order chi connectivity index (χ1) is 10.6. The smallest absolute Gasteiger partial charge is 0.253 e. The molecule has 5 nitrogen and oxygen atoms in total. The van der Waals surface area contributed by atoms with Crippen molar-refractivity contribution in [2.45, 2.75) is 12.0 Å². The summed E-state index contributed by atoms with van der Waals surface area (Å²) in [5.41, 5.74) is -0.209. The van der Waals surface area contributed by atoms with Crippen LogP contribution in [0.15, 0.2) is 24.3 Å². The number of aliphatic hydroxyl groups is 1. The molecule has 0 saturated carbocycles. The van der Waals surface area contributed by atoms with E-state index in [9.17, 15) is 9.90 Å². The minimum Gasteiger partial charge on any atom is -0.387 e. The molecule has 1 N–H and O–H groups in total. The quantitative estimate of drug-likeness (QED) is 0.909. The number of likely N-dealkylation sites (tertiary alicyclic amines) is 1. The van der Waals surface area contributed by atoms with Crippen LogP contribution in [0.1, 0.15) is 16.8 Å². The molecule has 0 aromatic heterocycles. The third-order valence-corrected chi connectivity index (χ3v) is 4.58. The lowest BCUT2D eigenvalue weighted by molar-refractivity contribution is -0.0257. The summed E-state index contributed by atoms with van der Waals surface area (Å²) in [4.78, 5) is 16.4. The van der Waals surface area contributed by atoms with Crippen LogP contribution >= 0.6 is 11.6 Å². The predicted octanol–water partition coefficient (Wildman–Crippen LogP) is 1.25. The van der Waals surface area contributed by atoms with E-state index >= 15 is 0 Å². The summed E-state index contributed by atoms with van der Waals surface area (Å²) in [6.07, 6.45) is 0.615. The molecule has 2 saturated heterocycles. The van der Waals surface area contributed by atoms with Gasteiger partial charge in [-0.2, -0.15) is 0 Å². The van der Waals surface area contributed by atoms with Crippen LogP contribution in [0.25, 0.3) is 0 Å². The second-order valence-electron chi connectivity index (χ2n) is 6.10. The molecular formula is C16H21ClN2O3. The van der Waals surface area contributed by atoms with Crippen molar-refractivity contribution in [2.24, 2.45) is 0 Å².